The quantitative estimate of drug-likeness (QED) is 0.182. The number of aromatic nitrogens is 2. The molecule has 0 aliphatic heterocycles. The molecule has 0 saturated carbocycles. The van der Waals surface area contributed by atoms with Gasteiger partial charge >= 0.3 is 6.18 Å². The van der Waals surface area contributed by atoms with Crippen molar-refractivity contribution in [2.24, 2.45) is 5.10 Å². The van der Waals surface area contributed by atoms with Crippen LogP contribution in [0.4, 0.5) is 18.9 Å². The summed E-state index contributed by atoms with van der Waals surface area (Å²) in [6.07, 6.45) is -1.12. The Labute approximate surface area is 201 Å². The van der Waals surface area contributed by atoms with E-state index in [1.165, 1.54) is 0 Å². The Morgan fingerprint density at radius 3 is 2.61 bits per heavy atom. The van der Waals surface area contributed by atoms with Gasteiger partial charge in [0.15, 0.2) is 5.11 Å². The Hall–Kier alpha value is -3.21. The highest BCUT2D eigenvalue weighted by Crippen LogP contribution is 2.33. The van der Waals surface area contributed by atoms with Gasteiger partial charge in [-0.1, -0.05) is 35.9 Å². The number of para-hydroxylation sites is 1. The number of hydrazone groups is 1. The molecule has 0 unspecified atom stereocenters. The van der Waals surface area contributed by atoms with E-state index in [0.717, 1.165) is 40.0 Å². The van der Waals surface area contributed by atoms with Gasteiger partial charge in [-0.2, -0.15) is 23.4 Å². The van der Waals surface area contributed by atoms with Crippen LogP contribution in [0.15, 0.2) is 77.3 Å². The van der Waals surface area contributed by atoms with Gasteiger partial charge in [-0.05, 0) is 54.0 Å². The minimum absolute atomic E-state index is 0.0133. The fraction of sp³-hybridized carbons (Fsp3) is 0.0455. The van der Waals surface area contributed by atoms with Crippen LogP contribution in [0.25, 0.3) is 16.3 Å². The van der Waals surface area contributed by atoms with Crippen LogP contribution in [0, 0.1) is 0 Å². The zero-order valence-electron chi connectivity index (χ0n) is 16.7. The van der Waals surface area contributed by atoms with Crippen LogP contribution in [0.1, 0.15) is 11.1 Å². The minimum Gasteiger partial charge on any atom is -0.330 e. The standard InChI is InChI=1S/C22H15ClF3N5S2/c23-17-9-8-15(22(24,25)26)11-18(17)28-21(32)29-27-12-14-13-31(16-5-2-1-3-6-16)30-20(14)19-7-4-10-33-19/h1-13H,(H2,28,29,32). The molecular formula is C22H15ClF3N5S2. The summed E-state index contributed by atoms with van der Waals surface area (Å²) >= 11 is 12.7. The summed E-state index contributed by atoms with van der Waals surface area (Å²) < 4.78 is 40.6. The maximum atomic E-state index is 13.0. The molecular weight excluding hydrogens is 491 g/mol. The number of thiophene rings is 1. The molecule has 0 aliphatic carbocycles. The Balaban J connectivity index is 1.52. The van der Waals surface area contributed by atoms with E-state index >= 15 is 0 Å². The van der Waals surface area contributed by atoms with Gasteiger partial charge in [0, 0.05) is 11.8 Å². The third-order valence-corrected chi connectivity index (χ3v) is 5.83. The van der Waals surface area contributed by atoms with Crippen molar-refractivity contribution in [3.8, 4) is 16.3 Å². The lowest BCUT2D eigenvalue weighted by Crippen LogP contribution is -2.24. The number of alkyl halides is 3. The molecule has 168 valence electrons. The van der Waals surface area contributed by atoms with E-state index in [9.17, 15) is 13.2 Å². The molecule has 0 fully saturated rings. The van der Waals surface area contributed by atoms with E-state index in [0.29, 0.717) is 0 Å². The lowest BCUT2D eigenvalue weighted by atomic mass is 10.2. The van der Waals surface area contributed by atoms with Crippen molar-refractivity contribution >= 4 is 52.2 Å². The summed E-state index contributed by atoms with van der Waals surface area (Å²) in [5.74, 6) is 0. The van der Waals surface area contributed by atoms with Gasteiger partial charge < -0.3 is 5.32 Å². The molecule has 5 nitrogen and oxygen atoms in total. The van der Waals surface area contributed by atoms with Gasteiger partial charge in [-0.15, -0.1) is 11.3 Å². The first kappa shape index (κ1) is 23.0. The second-order valence-electron chi connectivity index (χ2n) is 6.71. The molecule has 0 amide bonds. The van der Waals surface area contributed by atoms with Crippen LogP contribution in [0.2, 0.25) is 5.02 Å². The smallest absolute Gasteiger partial charge is 0.330 e. The number of benzene rings is 2. The Bertz CT molecular complexity index is 1290. The maximum Gasteiger partial charge on any atom is 0.416 e. The van der Waals surface area contributed by atoms with Gasteiger partial charge in [0.2, 0.25) is 0 Å². The molecule has 0 aliphatic rings. The molecule has 2 aromatic carbocycles. The number of anilines is 1. The largest absolute Gasteiger partial charge is 0.416 e. The average Bonchev–Trinajstić information content (AvgIpc) is 3.45. The van der Waals surface area contributed by atoms with Crippen molar-refractivity contribution in [1.82, 2.24) is 15.2 Å². The van der Waals surface area contributed by atoms with E-state index in [4.69, 9.17) is 23.8 Å². The van der Waals surface area contributed by atoms with Crippen LogP contribution in [-0.2, 0) is 6.18 Å². The van der Waals surface area contributed by atoms with E-state index in [2.05, 4.69) is 20.9 Å². The molecule has 0 spiro atoms. The van der Waals surface area contributed by atoms with Crippen molar-refractivity contribution in [2.45, 2.75) is 6.18 Å². The third-order valence-electron chi connectivity index (χ3n) is 4.43. The zero-order valence-corrected chi connectivity index (χ0v) is 19.1. The van der Waals surface area contributed by atoms with Crippen LogP contribution in [-0.4, -0.2) is 21.1 Å². The van der Waals surface area contributed by atoms with E-state index < -0.39 is 11.7 Å². The van der Waals surface area contributed by atoms with Gasteiger partial charge in [-0.25, -0.2) is 4.68 Å². The molecule has 33 heavy (non-hydrogen) atoms. The average molecular weight is 506 g/mol. The predicted octanol–water partition coefficient (Wildman–Crippen LogP) is 6.59. The molecule has 0 saturated heterocycles. The molecule has 11 heteroatoms. The zero-order chi connectivity index (χ0) is 23.4. The molecule has 0 bridgehead atoms. The lowest BCUT2D eigenvalue weighted by Gasteiger charge is -2.12. The summed E-state index contributed by atoms with van der Waals surface area (Å²) in [4.78, 5) is 0.961. The molecule has 4 aromatic rings. The first-order valence-corrected chi connectivity index (χ1v) is 11.1. The summed E-state index contributed by atoms with van der Waals surface area (Å²) in [5.41, 5.74) is 4.14. The highest BCUT2D eigenvalue weighted by atomic mass is 35.5. The molecule has 2 aromatic heterocycles. The van der Waals surface area contributed by atoms with Gasteiger partial charge in [0.1, 0.15) is 5.69 Å². The van der Waals surface area contributed by atoms with Crippen molar-refractivity contribution in [1.29, 1.82) is 0 Å². The summed E-state index contributed by atoms with van der Waals surface area (Å²) in [6.45, 7) is 0. The van der Waals surface area contributed by atoms with Gasteiger partial charge in [0.25, 0.3) is 0 Å². The van der Waals surface area contributed by atoms with Crippen molar-refractivity contribution in [2.75, 3.05) is 5.32 Å². The van der Waals surface area contributed by atoms with E-state index in [1.807, 2.05) is 54.0 Å². The van der Waals surface area contributed by atoms with E-state index in [1.54, 1.807) is 22.2 Å². The normalized spacial score (nSPS) is 11.6. The second-order valence-corrected chi connectivity index (χ2v) is 8.47. The molecule has 2 N–H and O–H groups in total. The third kappa shape index (κ3) is 5.59. The van der Waals surface area contributed by atoms with Crippen molar-refractivity contribution < 1.29 is 13.2 Å². The first-order valence-electron chi connectivity index (χ1n) is 9.47. The van der Waals surface area contributed by atoms with E-state index in [-0.39, 0.29) is 15.8 Å². The molecule has 0 radical (unpaired) electrons. The number of nitrogens with zero attached hydrogens (tertiary/aromatic N) is 3. The first-order chi connectivity index (χ1) is 15.8. The number of thiocarbonyl (C=S) groups is 1. The highest BCUT2D eigenvalue weighted by Gasteiger charge is 2.31. The number of rotatable bonds is 5. The van der Waals surface area contributed by atoms with Crippen LogP contribution < -0.4 is 10.7 Å². The topological polar surface area (TPSA) is 54.2 Å². The van der Waals surface area contributed by atoms with Crippen molar-refractivity contribution in [3.63, 3.8) is 0 Å². The highest BCUT2D eigenvalue weighted by molar-refractivity contribution is 7.80. The number of nitrogens with one attached hydrogen (secondary N) is 2. The fourth-order valence-electron chi connectivity index (χ4n) is 2.91. The lowest BCUT2D eigenvalue weighted by molar-refractivity contribution is -0.137. The second kappa shape index (κ2) is 9.74. The van der Waals surface area contributed by atoms with Gasteiger partial charge in [-0.3, -0.25) is 5.43 Å². The summed E-state index contributed by atoms with van der Waals surface area (Å²) in [5, 5.41) is 13.5. The number of halogens is 4. The van der Waals surface area contributed by atoms with Crippen LogP contribution in [0.3, 0.4) is 0 Å². The monoisotopic (exact) mass is 505 g/mol. The Kier molecular flexibility index (Phi) is 6.77. The number of hydrogen-bond acceptors (Lipinski definition) is 4. The maximum absolute atomic E-state index is 13.0. The van der Waals surface area contributed by atoms with Gasteiger partial charge in [0.05, 0.1) is 33.1 Å². The molecule has 2 heterocycles. The van der Waals surface area contributed by atoms with Crippen LogP contribution in [0.5, 0.6) is 0 Å². The fourth-order valence-corrected chi connectivity index (χ4v) is 3.97. The molecule has 0 atom stereocenters. The predicted molar refractivity (Wildman–Crippen MR) is 130 cm³/mol. The van der Waals surface area contributed by atoms with Crippen LogP contribution >= 0.6 is 35.2 Å². The minimum atomic E-state index is -4.49. The summed E-state index contributed by atoms with van der Waals surface area (Å²) in [7, 11) is 0. The van der Waals surface area contributed by atoms with Crippen molar-refractivity contribution in [3.05, 3.63) is 88.4 Å². The molecule has 4 rings (SSSR count). The Morgan fingerprint density at radius 2 is 1.91 bits per heavy atom. The summed E-state index contributed by atoms with van der Waals surface area (Å²) in [6, 6.07) is 16.4. The SMILES string of the molecule is FC(F)(F)c1ccc(Cl)c(NC(=S)NN=Cc2cn(-c3ccccc3)nc2-c2cccs2)c1. The Morgan fingerprint density at radius 1 is 1.12 bits per heavy atom. The number of hydrogen-bond donors (Lipinski definition) is 2.